The molecule has 140 valence electrons. The summed E-state index contributed by atoms with van der Waals surface area (Å²) in [6.45, 7) is 2.02. The molecule has 1 aromatic heterocycles. The molecule has 0 aliphatic heterocycles. The number of rotatable bonds is 6. The first-order valence-electron chi connectivity index (χ1n) is 8.31. The van der Waals surface area contributed by atoms with E-state index in [-0.39, 0.29) is 6.61 Å². The maximum absolute atomic E-state index is 12.5. The molecule has 3 aromatic rings. The number of benzene rings is 2. The van der Waals surface area contributed by atoms with Crippen LogP contribution in [0.15, 0.2) is 42.6 Å². The molecule has 0 unspecified atom stereocenters. The summed E-state index contributed by atoms with van der Waals surface area (Å²) in [6, 6.07) is 10.8. The van der Waals surface area contributed by atoms with E-state index in [1.165, 1.54) is 13.3 Å². The highest BCUT2D eigenvalue weighted by Crippen LogP contribution is 2.36. The Labute approximate surface area is 162 Å². The molecule has 1 N–H and O–H groups in total. The molecule has 0 saturated heterocycles. The average molecular weight is 387 g/mol. The summed E-state index contributed by atoms with van der Waals surface area (Å²) in [6.07, 6.45) is 1.48. The molecule has 0 fully saturated rings. The lowest BCUT2D eigenvalue weighted by Crippen LogP contribution is -2.09. The second-order valence-electron chi connectivity index (χ2n) is 5.63. The van der Waals surface area contributed by atoms with Crippen LogP contribution in [-0.2, 0) is 4.74 Å². The number of esters is 1. The molecule has 2 aromatic carbocycles. The summed E-state index contributed by atoms with van der Waals surface area (Å²) >= 11 is 6.21. The third-order valence-electron chi connectivity index (χ3n) is 3.98. The number of hydrogen-bond donors (Lipinski definition) is 1. The highest BCUT2D eigenvalue weighted by molar-refractivity contribution is 6.33. The van der Waals surface area contributed by atoms with Crippen molar-refractivity contribution in [2.45, 2.75) is 6.92 Å². The van der Waals surface area contributed by atoms with Gasteiger partial charge in [0.15, 0.2) is 0 Å². The van der Waals surface area contributed by atoms with Crippen molar-refractivity contribution >= 4 is 39.8 Å². The molecule has 1 heterocycles. The fourth-order valence-corrected chi connectivity index (χ4v) is 2.93. The zero-order valence-electron chi connectivity index (χ0n) is 15.2. The molecular formula is C20H19ClN2O4. The minimum atomic E-state index is -0.466. The topological polar surface area (TPSA) is 69.7 Å². The van der Waals surface area contributed by atoms with E-state index in [9.17, 15) is 4.79 Å². The third-order valence-corrected chi connectivity index (χ3v) is 4.27. The van der Waals surface area contributed by atoms with Gasteiger partial charge in [0.05, 0.1) is 37.1 Å². The van der Waals surface area contributed by atoms with Crippen LogP contribution in [0, 0.1) is 0 Å². The van der Waals surface area contributed by atoms with Gasteiger partial charge in [0, 0.05) is 23.3 Å². The number of fused-ring (bicyclic) bond motifs is 1. The normalized spacial score (nSPS) is 10.5. The van der Waals surface area contributed by atoms with E-state index in [2.05, 4.69) is 10.3 Å². The molecule has 7 heteroatoms. The minimum Gasteiger partial charge on any atom is -0.497 e. The molecule has 0 amide bonds. The standard InChI is InChI=1S/C20H19ClN2O4/c1-4-27-20(24)15-11-22-17-10-16(21)18(26-3)9-14(17)19(15)23-12-6-5-7-13(8-12)25-2/h5-11H,4H2,1-3H3,(H,22,23). The lowest BCUT2D eigenvalue weighted by molar-refractivity contribution is 0.0527. The van der Waals surface area contributed by atoms with Crippen LogP contribution in [-0.4, -0.2) is 31.8 Å². The van der Waals surface area contributed by atoms with Crippen molar-refractivity contribution in [2.24, 2.45) is 0 Å². The van der Waals surface area contributed by atoms with Crippen LogP contribution in [0.1, 0.15) is 17.3 Å². The average Bonchev–Trinajstić information content (AvgIpc) is 2.68. The Balaban J connectivity index is 2.20. The largest absolute Gasteiger partial charge is 0.497 e. The van der Waals surface area contributed by atoms with E-state index >= 15 is 0 Å². The fraction of sp³-hybridized carbons (Fsp3) is 0.200. The zero-order valence-corrected chi connectivity index (χ0v) is 16.0. The lowest BCUT2D eigenvalue weighted by Gasteiger charge is -2.16. The van der Waals surface area contributed by atoms with Gasteiger partial charge in [0.1, 0.15) is 17.1 Å². The number of nitrogens with one attached hydrogen (secondary N) is 1. The summed E-state index contributed by atoms with van der Waals surface area (Å²) in [5.41, 5.74) is 2.25. The first-order valence-corrected chi connectivity index (χ1v) is 8.69. The van der Waals surface area contributed by atoms with Gasteiger partial charge in [0.2, 0.25) is 0 Å². The number of ether oxygens (including phenoxy) is 3. The second-order valence-corrected chi connectivity index (χ2v) is 6.04. The van der Waals surface area contributed by atoms with Gasteiger partial charge in [-0.15, -0.1) is 0 Å². The quantitative estimate of drug-likeness (QED) is 0.612. The Hall–Kier alpha value is -2.99. The molecule has 0 bridgehead atoms. The fourth-order valence-electron chi connectivity index (χ4n) is 2.69. The van der Waals surface area contributed by atoms with Crippen LogP contribution in [0.2, 0.25) is 5.02 Å². The number of hydrogen-bond acceptors (Lipinski definition) is 6. The highest BCUT2D eigenvalue weighted by Gasteiger charge is 2.18. The molecule has 0 radical (unpaired) electrons. The van der Waals surface area contributed by atoms with E-state index in [0.717, 1.165) is 5.69 Å². The number of carbonyl (C=O) groups excluding carboxylic acids is 1. The molecule has 0 spiro atoms. The van der Waals surface area contributed by atoms with Crippen LogP contribution in [0.3, 0.4) is 0 Å². The molecule has 6 nitrogen and oxygen atoms in total. The molecule has 0 atom stereocenters. The monoisotopic (exact) mass is 386 g/mol. The Morgan fingerprint density at radius 2 is 2.00 bits per heavy atom. The number of nitrogens with zero attached hydrogens (tertiary/aromatic N) is 1. The smallest absolute Gasteiger partial charge is 0.341 e. The Kier molecular flexibility index (Phi) is 5.66. The van der Waals surface area contributed by atoms with Crippen LogP contribution in [0.5, 0.6) is 11.5 Å². The number of carbonyl (C=O) groups is 1. The maximum Gasteiger partial charge on any atom is 0.341 e. The summed E-state index contributed by atoms with van der Waals surface area (Å²) in [7, 11) is 3.13. The minimum absolute atomic E-state index is 0.263. The van der Waals surface area contributed by atoms with E-state index in [0.29, 0.717) is 38.7 Å². The SMILES string of the molecule is CCOC(=O)c1cnc2cc(Cl)c(OC)cc2c1Nc1cccc(OC)c1. The molecule has 27 heavy (non-hydrogen) atoms. The van der Waals surface area contributed by atoms with Crippen molar-refractivity contribution in [1.29, 1.82) is 0 Å². The molecule has 0 aliphatic carbocycles. The Morgan fingerprint density at radius 1 is 1.19 bits per heavy atom. The van der Waals surface area contributed by atoms with Crippen molar-refractivity contribution in [3.05, 3.63) is 53.2 Å². The Morgan fingerprint density at radius 3 is 2.70 bits per heavy atom. The van der Waals surface area contributed by atoms with Gasteiger partial charge in [-0.2, -0.15) is 0 Å². The predicted molar refractivity (Wildman–Crippen MR) is 106 cm³/mol. The van der Waals surface area contributed by atoms with Crippen molar-refractivity contribution in [1.82, 2.24) is 4.98 Å². The molecule has 0 aliphatic rings. The van der Waals surface area contributed by atoms with Crippen molar-refractivity contribution in [2.75, 3.05) is 26.1 Å². The van der Waals surface area contributed by atoms with Crippen LogP contribution >= 0.6 is 11.6 Å². The number of aromatic nitrogens is 1. The van der Waals surface area contributed by atoms with E-state index < -0.39 is 5.97 Å². The first-order chi connectivity index (χ1) is 13.1. The van der Waals surface area contributed by atoms with E-state index in [1.54, 1.807) is 26.2 Å². The summed E-state index contributed by atoms with van der Waals surface area (Å²) in [5.74, 6) is 0.712. The summed E-state index contributed by atoms with van der Waals surface area (Å²) in [5, 5.41) is 4.40. The second kappa shape index (κ2) is 8.14. The summed E-state index contributed by atoms with van der Waals surface area (Å²) in [4.78, 5) is 16.8. The van der Waals surface area contributed by atoms with E-state index in [4.69, 9.17) is 25.8 Å². The highest BCUT2D eigenvalue weighted by atomic mass is 35.5. The van der Waals surface area contributed by atoms with Crippen molar-refractivity contribution in [3.8, 4) is 11.5 Å². The lowest BCUT2D eigenvalue weighted by atomic mass is 10.1. The Bertz CT molecular complexity index is 991. The molecular weight excluding hydrogens is 368 g/mol. The molecule has 0 saturated carbocycles. The van der Waals surface area contributed by atoms with Crippen LogP contribution < -0.4 is 14.8 Å². The van der Waals surface area contributed by atoms with Crippen molar-refractivity contribution < 1.29 is 19.0 Å². The summed E-state index contributed by atoms with van der Waals surface area (Å²) < 4.78 is 15.8. The number of methoxy groups -OCH3 is 2. The first kappa shape index (κ1) is 18.8. The third kappa shape index (κ3) is 3.90. The van der Waals surface area contributed by atoms with Gasteiger partial charge in [-0.1, -0.05) is 17.7 Å². The van der Waals surface area contributed by atoms with Gasteiger partial charge in [-0.3, -0.25) is 4.98 Å². The van der Waals surface area contributed by atoms with Gasteiger partial charge in [-0.25, -0.2) is 4.79 Å². The van der Waals surface area contributed by atoms with Gasteiger partial charge >= 0.3 is 5.97 Å². The van der Waals surface area contributed by atoms with Crippen LogP contribution in [0.4, 0.5) is 11.4 Å². The van der Waals surface area contributed by atoms with Crippen LogP contribution in [0.25, 0.3) is 10.9 Å². The van der Waals surface area contributed by atoms with Gasteiger partial charge < -0.3 is 19.5 Å². The number of pyridine rings is 1. The predicted octanol–water partition coefficient (Wildman–Crippen LogP) is 4.83. The maximum atomic E-state index is 12.5. The zero-order chi connectivity index (χ0) is 19.4. The van der Waals surface area contributed by atoms with Gasteiger partial charge in [-0.05, 0) is 31.2 Å². The van der Waals surface area contributed by atoms with E-state index in [1.807, 2.05) is 24.3 Å². The number of anilines is 2. The molecule has 3 rings (SSSR count). The van der Waals surface area contributed by atoms with Gasteiger partial charge in [0.25, 0.3) is 0 Å². The van der Waals surface area contributed by atoms with Crippen molar-refractivity contribution in [3.63, 3.8) is 0 Å². The number of halogens is 1.